The predicted molar refractivity (Wildman–Crippen MR) is 54.1 cm³/mol. The molecule has 3 heteroatoms. The Balaban J connectivity index is 1.86. The van der Waals surface area contributed by atoms with E-state index in [1.807, 2.05) is 0 Å². The molecule has 2 aliphatic rings. The summed E-state index contributed by atoms with van der Waals surface area (Å²) >= 11 is 0. The van der Waals surface area contributed by atoms with Crippen molar-refractivity contribution < 1.29 is 9.90 Å². The van der Waals surface area contributed by atoms with Gasteiger partial charge in [0.1, 0.15) is 0 Å². The molecule has 2 fully saturated rings. The zero-order chi connectivity index (χ0) is 9.97. The van der Waals surface area contributed by atoms with Crippen molar-refractivity contribution in [3.63, 3.8) is 0 Å². The third-order valence-electron chi connectivity index (χ3n) is 3.81. The molecule has 80 valence electrons. The highest BCUT2D eigenvalue weighted by Gasteiger charge is 2.32. The van der Waals surface area contributed by atoms with Gasteiger partial charge in [-0.25, -0.2) is 0 Å². The minimum Gasteiger partial charge on any atom is -0.481 e. The second-order valence-electron chi connectivity index (χ2n) is 4.79. The minimum absolute atomic E-state index is 0.386. The molecule has 2 rings (SSSR count). The summed E-state index contributed by atoms with van der Waals surface area (Å²) in [6.45, 7) is 2.28. The van der Waals surface area contributed by atoms with Gasteiger partial charge < -0.3 is 10.4 Å². The zero-order valence-electron chi connectivity index (χ0n) is 8.54. The number of hydrogen-bond acceptors (Lipinski definition) is 2. The topological polar surface area (TPSA) is 49.3 Å². The van der Waals surface area contributed by atoms with Gasteiger partial charge in [-0.15, -0.1) is 0 Å². The van der Waals surface area contributed by atoms with Crippen LogP contribution in [0.4, 0.5) is 0 Å². The van der Waals surface area contributed by atoms with Gasteiger partial charge in [-0.3, -0.25) is 4.79 Å². The molecule has 1 saturated carbocycles. The second-order valence-corrected chi connectivity index (χ2v) is 4.79. The molecule has 0 aromatic carbocycles. The summed E-state index contributed by atoms with van der Waals surface area (Å²) in [5, 5.41) is 12.2. The van der Waals surface area contributed by atoms with Crippen LogP contribution in [0.15, 0.2) is 0 Å². The predicted octanol–water partition coefficient (Wildman–Crippen LogP) is 1.49. The van der Waals surface area contributed by atoms with Gasteiger partial charge in [-0.05, 0) is 56.5 Å². The van der Waals surface area contributed by atoms with Gasteiger partial charge in [-0.1, -0.05) is 0 Å². The van der Waals surface area contributed by atoms with Gasteiger partial charge in [-0.2, -0.15) is 0 Å². The largest absolute Gasteiger partial charge is 0.481 e. The van der Waals surface area contributed by atoms with Crippen molar-refractivity contribution >= 4 is 5.97 Å². The van der Waals surface area contributed by atoms with Crippen LogP contribution in [0.3, 0.4) is 0 Å². The molecule has 1 aliphatic carbocycles. The summed E-state index contributed by atoms with van der Waals surface area (Å²) in [6, 6.07) is 0. The van der Waals surface area contributed by atoms with Crippen molar-refractivity contribution in [2.75, 3.05) is 13.1 Å². The highest BCUT2D eigenvalue weighted by atomic mass is 16.4. The first kappa shape index (κ1) is 9.97. The number of piperidine rings is 1. The lowest BCUT2D eigenvalue weighted by atomic mass is 9.70. The van der Waals surface area contributed by atoms with Gasteiger partial charge in [0.05, 0.1) is 0 Å². The Morgan fingerprint density at radius 2 is 2.14 bits per heavy atom. The van der Waals surface area contributed by atoms with Crippen LogP contribution in [-0.4, -0.2) is 24.2 Å². The summed E-state index contributed by atoms with van der Waals surface area (Å²) in [5.41, 5.74) is 0. The number of rotatable bonds is 2. The number of carbonyl (C=O) groups is 1. The molecule has 3 nitrogen and oxygen atoms in total. The van der Waals surface area contributed by atoms with Crippen LogP contribution in [0, 0.1) is 17.8 Å². The fourth-order valence-corrected chi connectivity index (χ4v) is 3.05. The summed E-state index contributed by atoms with van der Waals surface area (Å²) in [6.07, 6.45) is 5.14. The molecular formula is C11H19NO2. The third-order valence-corrected chi connectivity index (χ3v) is 3.81. The van der Waals surface area contributed by atoms with E-state index in [0.29, 0.717) is 12.3 Å². The summed E-state index contributed by atoms with van der Waals surface area (Å²) in [5.74, 6) is 1.46. The van der Waals surface area contributed by atoms with E-state index in [9.17, 15) is 4.79 Å². The highest BCUT2D eigenvalue weighted by Crippen LogP contribution is 2.38. The maximum absolute atomic E-state index is 10.6. The van der Waals surface area contributed by atoms with E-state index >= 15 is 0 Å². The first-order chi connectivity index (χ1) is 6.75. The molecule has 1 aliphatic heterocycles. The van der Waals surface area contributed by atoms with Crippen LogP contribution >= 0.6 is 0 Å². The minimum atomic E-state index is -0.623. The van der Waals surface area contributed by atoms with Crippen molar-refractivity contribution in [1.82, 2.24) is 5.32 Å². The lowest BCUT2D eigenvalue weighted by molar-refractivity contribution is -0.138. The summed E-state index contributed by atoms with van der Waals surface area (Å²) < 4.78 is 0. The Morgan fingerprint density at radius 3 is 2.93 bits per heavy atom. The Labute approximate surface area is 84.9 Å². The van der Waals surface area contributed by atoms with Crippen LogP contribution < -0.4 is 5.32 Å². The standard InChI is InChI=1S/C11H19NO2/c13-11(14)6-8-1-2-10-7-12-4-3-9(10)5-8/h8-10,12H,1-7H2,(H,13,14). The number of hydrogen-bond donors (Lipinski definition) is 2. The number of aliphatic carboxylic acids is 1. The molecule has 3 unspecified atom stereocenters. The van der Waals surface area contributed by atoms with Crippen LogP contribution in [0.25, 0.3) is 0 Å². The number of carboxylic acids is 1. The molecule has 1 saturated heterocycles. The van der Waals surface area contributed by atoms with E-state index in [1.54, 1.807) is 0 Å². The van der Waals surface area contributed by atoms with Crippen LogP contribution in [-0.2, 0) is 4.79 Å². The molecule has 0 bridgehead atoms. The molecule has 3 atom stereocenters. The monoisotopic (exact) mass is 197 g/mol. The molecule has 0 radical (unpaired) electrons. The molecule has 14 heavy (non-hydrogen) atoms. The van der Waals surface area contributed by atoms with Crippen LogP contribution in [0.1, 0.15) is 32.1 Å². The van der Waals surface area contributed by atoms with E-state index in [4.69, 9.17) is 5.11 Å². The molecule has 0 aromatic rings. The molecule has 2 N–H and O–H groups in total. The van der Waals surface area contributed by atoms with Crippen molar-refractivity contribution in [2.45, 2.75) is 32.1 Å². The summed E-state index contributed by atoms with van der Waals surface area (Å²) in [7, 11) is 0. The Bertz CT molecular complexity index is 217. The molecular weight excluding hydrogens is 178 g/mol. The Morgan fingerprint density at radius 1 is 1.29 bits per heavy atom. The molecule has 0 spiro atoms. The maximum atomic E-state index is 10.6. The van der Waals surface area contributed by atoms with Gasteiger partial charge in [0.25, 0.3) is 0 Å². The fourth-order valence-electron chi connectivity index (χ4n) is 3.05. The number of nitrogens with one attached hydrogen (secondary N) is 1. The summed E-state index contributed by atoms with van der Waals surface area (Å²) in [4.78, 5) is 10.6. The van der Waals surface area contributed by atoms with E-state index in [-0.39, 0.29) is 0 Å². The van der Waals surface area contributed by atoms with Crippen LogP contribution in [0.2, 0.25) is 0 Å². The van der Waals surface area contributed by atoms with Gasteiger partial charge >= 0.3 is 5.97 Å². The first-order valence-electron chi connectivity index (χ1n) is 5.68. The smallest absolute Gasteiger partial charge is 0.303 e. The van der Waals surface area contributed by atoms with E-state index in [2.05, 4.69) is 5.32 Å². The van der Waals surface area contributed by atoms with E-state index in [0.717, 1.165) is 37.8 Å². The van der Waals surface area contributed by atoms with Crippen molar-refractivity contribution in [3.8, 4) is 0 Å². The van der Waals surface area contributed by atoms with E-state index < -0.39 is 5.97 Å². The fraction of sp³-hybridized carbons (Fsp3) is 0.909. The highest BCUT2D eigenvalue weighted by molar-refractivity contribution is 5.67. The van der Waals surface area contributed by atoms with Gasteiger partial charge in [0.2, 0.25) is 0 Å². The molecule has 0 amide bonds. The zero-order valence-corrected chi connectivity index (χ0v) is 8.54. The average Bonchev–Trinajstić information content (AvgIpc) is 2.17. The molecule has 1 heterocycles. The van der Waals surface area contributed by atoms with Crippen molar-refractivity contribution in [3.05, 3.63) is 0 Å². The van der Waals surface area contributed by atoms with Gasteiger partial charge in [0, 0.05) is 6.42 Å². The van der Waals surface area contributed by atoms with Crippen LogP contribution in [0.5, 0.6) is 0 Å². The quantitative estimate of drug-likeness (QED) is 0.705. The van der Waals surface area contributed by atoms with E-state index in [1.165, 1.54) is 12.8 Å². The SMILES string of the molecule is O=C(O)CC1CCC2CNCCC2C1. The van der Waals surface area contributed by atoms with Crippen molar-refractivity contribution in [2.24, 2.45) is 17.8 Å². The second kappa shape index (κ2) is 4.30. The lowest BCUT2D eigenvalue weighted by Crippen LogP contribution is -2.40. The third kappa shape index (κ3) is 2.27. The normalized spacial score (nSPS) is 37.6. The average molecular weight is 197 g/mol. The number of carboxylic acid groups (broad SMARTS) is 1. The van der Waals surface area contributed by atoms with Gasteiger partial charge in [0.15, 0.2) is 0 Å². The Kier molecular flexibility index (Phi) is 3.06. The first-order valence-corrected chi connectivity index (χ1v) is 5.68. The maximum Gasteiger partial charge on any atom is 0.303 e. The molecule has 0 aromatic heterocycles. The number of fused-ring (bicyclic) bond motifs is 1. The Hall–Kier alpha value is -0.570. The lowest BCUT2D eigenvalue weighted by Gasteiger charge is -2.39. The van der Waals surface area contributed by atoms with Crippen molar-refractivity contribution in [1.29, 1.82) is 0 Å².